The van der Waals surface area contributed by atoms with Crippen LogP contribution in [0.25, 0.3) is 0 Å². The van der Waals surface area contributed by atoms with E-state index in [-0.39, 0.29) is 0 Å². The van der Waals surface area contributed by atoms with Crippen LogP contribution in [0.2, 0.25) is 0 Å². The Balaban J connectivity index is 2.10. The molecule has 19 heavy (non-hydrogen) atoms. The Hall–Kier alpha value is -1.92. The van der Waals surface area contributed by atoms with Crippen molar-refractivity contribution in [3.8, 4) is 0 Å². The number of rotatable bonds is 1. The van der Waals surface area contributed by atoms with E-state index in [1.165, 1.54) is 11.0 Å². The van der Waals surface area contributed by atoms with Crippen LogP contribution in [-0.4, -0.2) is 42.3 Å². The Morgan fingerprint density at radius 2 is 1.79 bits per heavy atom. The van der Waals surface area contributed by atoms with E-state index in [1.807, 2.05) is 0 Å². The summed E-state index contributed by atoms with van der Waals surface area (Å²) in [6, 6.07) is 5.08. The predicted octanol–water partition coefficient (Wildman–Crippen LogP) is 2.51. The van der Waals surface area contributed by atoms with Crippen LogP contribution in [0.3, 0.4) is 0 Å². The SMILES string of the molecule is O=C(O)N1CCN(c2cccc(C(F)(F)F)c2)CC1. The molecule has 1 aliphatic rings. The van der Waals surface area contributed by atoms with Gasteiger partial charge in [-0.15, -0.1) is 0 Å². The van der Waals surface area contributed by atoms with E-state index < -0.39 is 17.8 Å². The van der Waals surface area contributed by atoms with Crippen LogP contribution in [0.4, 0.5) is 23.7 Å². The molecule has 0 aliphatic carbocycles. The van der Waals surface area contributed by atoms with Crippen LogP contribution >= 0.6 is 0 Å². The number of carbonyl (C=O) groups is 1. The quantitative estimate of drug-likeness (QED) is 0.855. The maximum atomic E-state index is 12.6. The maximum Gasteiger partial charge on any atom is 0.416 e. The summed E-state index contributed by atoms with van der Waals surface area (Å²) in [6.07, 6.45) is -5.36. The summed E-state index contributed by atoms with van der Waals surface area (Å²) in [5, 5.41) is 8.80. The van der Waals surface area contributed by atoms with Crippen molar-refractivity contribution in [3.63, 3.8) is 0 Å². The van der Waals surface area contributed by atoms with Crippen LogP contribution in [-0.2, 0) is 6.18 Å². The Labute approximate surface area is 108 Å². The van der Waals surface area contributed by atoms with Gasteiger partial charge in [-0.2, -0.15) is 13.2 Å². The maximum absolute atomic E-state index is 12.6. The van der Waals surface area contributed by atoms with Gasteiger partial charge in [-0.1, -0.05) is 6.07 Å². The van der Waals surface area contributed by atoms with Gasteiger partial charge in [0.05, 0.1) is 5.56 Å². The van der Waals surface area contributed by atoms with Gasteiger partial charge in [0.15, 0.2) is 0 Å². The molecule has 0 atom stereocenters. The molecule has 0 bridgehead atoms. The lowest BCUT2D eigenvalue weighted by Gasteiger charge is -2.34. The minimum atomic E-state index is -4.36. The first-order valence-electron chi connectivity index (χ1n) is 5.78. The van der Waals surface area contributed by atoms with E-state index >= 15 is 0 Å². The first kappa shape index (κ1) is 13.5. The zero-order valence-electron chi connectivity index (χ0n) is 10.0. The number of hydrogen-bond acceptors (Lipinski definition) is 2. The summed E-state index contributed by atoms with van der Waals surface area (Å²) < 4.78 is 37.8. The average molecular weight is 274 g/mol. The van der Waals surface area contributed by atoms with Crippen LogP contribution in [0.15, 0.2) is 24.3 Å². The van der Waals surface area contributed by atoms with E-state index in [2.05, 4.69) is 0 Å². The van der Waals surface area contributed by atoms with Crippen LogP contribution in [0, 0.1) is 0 Å². The molecule has 1 amide bonds. The summed E-state index contributed by atoms with van der Waals surface area (Å²) in [4.78, 5) is 13.8. The predicted molar refractivity (Wildman–Crippen MR) is 63.3 cm³/mol. The Morgan fingerprint density at radius 3 is 2.32 bits per heavy atom. The molecule has 1 aromatic carbocycles. The highest BCUT2D eigenvalue weighted by atomic mass is 19.4. The molecule has 1 N–H and O–H groups in total. The van der Waals surface area contributed by atoms with Crippen molar-refractivity contribution >= 4 is 11.8 Å². The molecule has 0 radical (unpaired) electrons. The highest BCUT2D eigenvalue weighted by molar-refractivity contribution is 5.65. The van der Waals surface area contributed by atoms with Crippen molar-refractivity contribution in [2.24, 2.45) is 0 Å². The van der Waals surface area contributed by atoms with E-state index in [0.29, 0.717) is 31.9 Å². The monoisotopic (exact) mass is 274 g/mol. The molecule has 104 valence electrons. The molecular formula is C12H13F3N2O2. The molecule has 0 aromatic heterocycles. The molecule has 1 aliphatic heterocycles. The van der Waals surface area contributed by atoms with Gasteiger partial charge < -0.3 is 14.9 Å². The fourth-order valence-corrected chi connectivity index (χ4v) is 2.03. The second kappa shape index (κ2) is 4.99. The molecule has 0 unspecified atom stereocenters. The largest absolute Gasteiger partial charge is 0.465 e. The van der Waals surface area contributed by atoms with Crippen LogP contribution in [0.1, 0.15) is 5.56 Å². The van der Waals surface area contributed by atoms with Gasteiger partial charge in [0.25, 0.3) is 0 Å². The molecule has 7 heteroatoms. The lowest BCUT2D eigenvalue weighted by molar-refractivity contribution is -0.137. The zero-order valence-corrected chi connectivity index (χ0v) is 10.0. The number of anilines is 1. The fraction of sp³-hybridized carbons (Fsp3) is 0.417. The highest BCUT2D eigenvalue weighted by Crippen LogP contribution is 2.31. The molecular weight excluding hydrogens is 261 g/mol. The first-order valence-corrected chi connectivity index (χ1v) is 5.78. The molecule has 1 heterocycles. The number of carboxylic acid groups (broad SMARTS) is 1. The minimum absolute atomic E-state index is 0.297. The second-order valence-corrected chi connectivity index (χ2v) is 4.30. The van der Waals surface area contributed by atoms with E-state index in [4.69, 9.17) is 5.11 Å². The Morgan fingerprint density at radius 1 is 1.16 bits per heavy atom. The summed E-state index contributed by atoms with van der Waals surface area (Å²) in [7, 11) is 0. The summed E-state index contributed by atoms with van der Waals surface area (Å²) in [6.45, 7) is 1.39. The number of amides is 1. The molecule has 4 nitrogen and oxygen atoms in total. The molecule has 1 aromatic rings. The third-order valence-electron chi connectivity index (χ3n) is 3.09. The van der Waals surface area contributed by atoms with Crippen molar-refractivity contribution in [3.05, 3.63) is 29.8 Å². The normalized spacial score (nSPS) is 16.6. The fourth-order valence-electron chi connectivity index (χ4n) is 2.03. The Kier molecular flexibility index (Phi) is 3.55. The highest BCUT2D eigenvalue weighted by Gasteiger charge is 2.31. The number of hydrogen-bond donors (Lipinski definition) is 1. The summed E-state index contributed by atoms with van der Waals surface area (Å²) in [5.41, 5.74) is -0.217. The summed E-state index contributed by atoms with van der Waals surface area (Å²) in [5.74, 6) is 0. The molecule has 0 saturated carbocycles. The number of piperazine rings is 1. The number of alkyl halides is 3. The topological polar surface area (TPSA) is 43.8 Å². The molecule has 1 saturated heterocycles. The smallest absolute Gasteiger partial charge is 0.416 e. The molecule has 1 fully saturated rings. The first-order chi connectivity index (χ1) is 8.88. The van der Waals surface area contributed by atoms with Gasteiger partial charge in [-0.05, 0) is 18.2 Å². The van der Waals surface area contributed by atoms with E-state index in [0.717, 1.165) is 12.1 Å². The van der Waals surface area contributed by atoms with Crippen LogP contribution < -0.4 is 4.90 Å². The number of benzene rings is 1. The van der Waals surface area contributed by atoms with Gasteiger partial charge in [-0.3, -0.25) is 0 Å². The van der Waals surface area contributed by atoms with E-state index in [1.54, 1.807) is 11.0 Å². The van der Waals surface area contributed by atoms with Gasteiger partial charge in [0.1, 0.15) is 0 Å². The van der Waals surface area contributed by atoms with Gasteiger partial charge >= 0.3 is 12.3 Å². The van der Waals surface area contributed by atoms with Gasteiger partial charge in [0.2, 0.25) is 0 Å². The zero-order chi connectivity index (χ0) is 14.0. The number of halogens is 3. The molecule has 0 spiro atoms. The third kappa shape index (κ3) is 3.10. The van der Waals surface area contributed by atoms with Crippen LogP contribution in [0.5, 0.6) is 0 Å². The average Bonchev–Trinajstić information content (AvgIpc) is 2.38. The van der Waals surface area contributed by atoms with Gasteiger partial charge in [-0.25, -0.2) is 4.79 Å². The lowest BCUT2D eigenvalue weighted by atomic mass is 10.1. The third-order valence-corrected chi connectivity index (χ3v) is 3.09. The van der Waals surface area contributed by atoms with Crippen molar-refractivity contribution in [2.75, 3.05) is 31.1 Å². The van der Waals surface area contributed by atoms with E-state index in [9.17, 15) is 18.0 Å². The molecule has 2 rings (SSSR count). The van der Waals surface area contributed by atoms with Crippen molar-refractivity contribution in [1.82, 2.24) is 4.90 Å². The Bertz CT molecular complexity index is 468. The second-order valence-electron chi connectivity index (χ2n) is 4.30. The van der Waals surface area contributed by atoms with Crippen molar-refractivity contribution < 1.29 is 23.1 Å². The van der Waals surface area contributed by atoms with Crippen molar-refractivity contribution in [2.45, 2.75) is 6.18 Å². The number of nitrogens with zero attached hydrogens (tertiary/aromatic N) is 2. The lowest BCUT2D eigenvalue weighted by Crippen LogP contribution is -2.48. The van der Waals surface area contributed by atoms with Crippen molar-refractivity contribution in [1.29, 1.82) is 0 Å². The standard InChI is InChI=1S/C12H13F3N2O2/c13-12(14,15)9-2-1-3-10(8-9)16-4-6-17(7-5-16)11(18)19/h1-3,8H,4-7H2,(H,18,19). The minimum Gasteiger partial charge on any atom is -0.465 e. The van der Waals surface area contributed by atoms with Gasteiger partial charge in [0, 0.05) is 31.9 Å². The summed E-state index contributed by atoms with van der Waals surface area (Å²) >= 11 is 0.